The summed E-state index contributed by atoms with van der Waals surface area (Å²) in [6, 6.07) is 5.57. The summed E-state index contributed by atoms with van der Waals surface area (Å²) in [6.45, 7) is 11.0. The predicted octanol–water partition coefficient (Wildman–Crippen LogP) is 2.50. The number of fused-ring (bicyclic) bond motifs is 1. The minimum Gasteiger partial charge on any atom is -0.444 e. The van der Waals surface area contributed by atoms with Crippen molar-refractivity contribution in [2.24, 2.45) is 13.0 Å². The quantitative estimate of drug-likeness (QED) is 0.579. The minimum atomic E-state index is -0.506. The number of rotatable bonds is 4. The number of piperazine rings is 1. The number of imide groups is 1. The smallest absolute Gasteiger partial charge is 0.410 e. The summed E-state index contributed by atoms with van der Waals surface area (Å²) in [7, 11) is 1.79. The van der Waals surface area contributed by atoms with Gasteiger partial charge in [0.25, 0.3) is 5.91 Å². The maximum Gasteiger partial charge on any atom is 0.410 e. The molecule has 1 N–H and O–H groups in total. The molecule has 4 amide bonds. The number of piperidine rings is 2. The molecule has 5 rings (SSSR count). The van der Waals surface area contributed by atoms with Gasteiger partial charge < -0.3 is 14.5 Å². The second-order valence-corrected chi connectivity index (χ2v) is 12.2. The molecule has 3 saturated heterocycles. The van der Waals surface area contributed by atoms with Crippen LogP contribution in [-0.2, 0) is 21.4 Å². The van der Waals surface area contributed by atoms with Crippen molar-refractivity contribution >= 4 is 34.7 Å². The third-order valence-corrected chi connectivity index (χ3v) is 8.14. The van der Waals surface area contributed by atoms with E-state index < -0.39 is 11.5 Å². The molecule has 1 atom stereocenters. The normalized spacial score (nSPS) is 21.6. The van der Waals surface area contributed by atoms with Crippen molar-refractivity contribution in [1.82, 2.24) is 29.8 Å². The van der Waals surface area contributed by atoms with Crippen molar-refractivity contribution in [1.29, 1.82) is 0 Å². The molecule has 11 heteroatoms. The van der Waals surface area contributed by atoms with E-state index in [0.29, 0.717) is 49.8 Å². The largest absolute Gasteiger partial charge is 0.444 e. The summed E-state index contributed by atoms with van der Waals surface area (Å²) in [4.78, 5) is 56.3. The standard InChI is InChI=1S/C29H40N6O5/c1-29(2,3)40-28(39)35-16-14-33(15-17-35)18-19-10-12-34(13-11-19)27(38)22-7-5-6-20-24(31-32(4)25(20)22)21-8-9-23(36)30-26(21)37/h5-7,19,21H,8-18H2,1-4H3,(H,30,36,37). The Morgan fingerprint density at radius 3 is 2.35 bits per heavy atom. The van der Waals surface area contributed by atoms with E-state index >= 15 is 0 Å². The maximum atomic E-state index is 13.7. The van der Waals surface area contributed by atoms with E-state index in [-0.39, 0.29) is 30.2 Å². The first-order chi connectivity index (χ1) is 19.0. The molecule has 3 aliphatic rings. The molecule has 1 unspecified atom stereocenters. The first kappa shape index (κ1) is 28.1. The lowest BCUT2D eigenvalue weighted by Crippen LogP contribution is -2.51. The van der Waals surface area contributed by atoms with Gasteiger partial charge in [-0.25, -0.2) is 4.79 Å². The van der Waals surface area contributed by atoms with Gasteiger partial charge in [-0.15, -0.1) is 0 Å². The topological polar surface area (TPSA) is 117 Å². The molecule has 0 aliphatic carbocycles. The highest BCUT2D eigenvalue weighted by atomic mass is 16.6. The third kappa shape index (κ3) is 5.99. The highest BCUT2D eigenvalue weighted by Crippen LogP contribution is 2.32. The highest BCUT2D eigenvalue weighted by molar-refractivity contribution is 6.08. The fourth-order valence-corrected chi connectivity index (χ4v) is 6.04. The molecule has 0 radical (unpaired) electrons. The number of aryl methyl sites for hydroxylation is 1. The van der Waals surface area contributed by atoms with Crippen molar-refractivity contribution < 1.29 is 23.9 Å². The lowest BCUT2D eigenvalue weighted by atomic mass is 9.92. The summed E-state index contributed by atoms with van der Waals surface area (Å²) < 4.78 is 7.19. The number of hydrogen-bond donors (Lipinski definition) is 1. The first-order valence-corrected chi connectivity index (χ1v) is 14.3. The number of carbonyl (C=O) groups excluding carboxylic acids is 4. The monoisotopic (exact) mass is 552 g/mol. The summed E-state index contributed by atoms with van der Waals surface area (Å²) in [5.41, 5.74) is 1.43. The molecule has 2 aromatic rings. The van der Waals surface area contributed by atoms with E-state index in [2.05, 4.69) is 15.3 Å². The number of nitrogens with zero attached hydrogens (tertiary/aromatic N) is 5. The molecule has 1 aromatic heterocycles. The zero-order valence-corrected chi connectivity index (χ0v) is 23.9. The molecule has 3 aliphatic heterocycles. The Morgan fingerprint density at radius 2 is 1.70 bits per heavy atom. The van der Waals surface area contributed by atoms with Crippen LogP contribution in [0, 0.1) is 5.92 Å². The van der Waals surface area contributed by atoms with Crippen molar-refractivity contribution in [2.45, 2.75) is 58.0 Å². The molecule has 0 bridgehead atoms. The van der Waals surface area contributed by atoms with Crippen LogP contribution in [0.15, 0.2) is 18.2 Å². The number of benzene rings is 1. The number of aromatic nitrogens is 2. The molecule has 216 valence electrons. The van der Waals surface area contributed by atoms with E-state index in [1.165, 1.54) is 0 Å². The number of para-hydroxylation sites is 1. The zero-order valence-electron chi connectivity index (χ0n) is 23.9. The van der Waals surface area contributed by atoms with Gasteiger partial charge in [0.05, 0.1) is 22.7 Å². The Morgan fingerprint density at radius 1 is 1.00 bits per heavy atom. The third-order valence-electron chi connectivity index (χ3n) is 8.14. The molecule has 11 nitrogen and oxygen atoms in total. The fourth-order valence-electron chi connectivity index (χ4n) is 6.04. The van der Waals surface area contributed by atoms with Crippen molar-refractivity contribution in [3.05, 3.63) is 29.5 Å². The van der Waals surface area contributed by atoms with Crippen LogP contribution < -0.4 is 5.32 Å². The number of ether oxygens (including phenoxy) is 1. The SMILES string of the molecule is Cn1nc(C2CCC(=O)NC2=O)c2cccc(C(=O)N3CCC(CN4CCN(C(=O)OC(C)(C)C)CC4)CC3)c21. The Balaban J connectivity index is 1.18. The van der Waals surface area contributed by atoms with E-state index in [1.54, 1.807) is 16.6 Å². The number of nitrogens with one attached hydrogen (secondary N) is 1. The van der Waals surface area contributed by atoms with Gasteiger partial charge >= 0.3 is 6.09 Å². The van der Waals surface area contributed by atoms with Crippen LogP contribution in [-0.4, -0.2) is 99.7 Å². The van der Waals surface area contributed by atoms with E-state index in [0.717, 1.165) is 43.4 Å². The molecule has 1 aromatic carbocycles. The second kappa shape index (κ2) is 11.2. The summed E-state index contributed by atoms with van der Waals surface area (Å²) >= 11 is 0. The van der Waals surface area contributed by atoms with E-state index in [4.69, 9.17) is 4.74 Å². The van der Waals surface area contributed by atoms with Gasteiger partial charge in [-0.1, -0.05) is 12.1 Å². The Labute approximate surface area is 234 Å². The van der Waals surface area contributed by atoms with Crippen molar-refractivity contribution in [3.8, 4) is 0 Å². The Hall–Kier alpha value is -3.47. The molecule has 4 heterocycles. The second-order valence-electron chi connectivity index (χ2n) is 12.2. The fraction of sp³-hybridized carbons (Fsp3) is 0.621. The molecular formula is C29H40N6O5. The van der Waals surface area contributed by atoms with Crippen LogP contribution in [0.5, 0.6) is 0 Å². The zero-order chi connectivity index (χ0) is 28.6. The van der Waals surface area contributed by atoms with Gasteiger partial charge in [0.2, 0.25) is 11.8 Å². The van der Waals surface area contributed by atoms with Crippen LogP contribution in [0.25, 0.3) is 10.9 Å². The minimum absolute atomic E-state index is 0.0205. The molecule has 3 fully saturated rings. The van der Waals surface area contributed by atoms with Crippen LogP contribution in [0.4, 0.5) is 4.79 Å². The average molecular weight is 553 g/mol. The average Bonchev–Trinajstić information content (AvgIpc) is 3.24. The molecular weight excluding hydrogens is 512 g/mol. The lowest BCUT2D eigenvalue weighted by molar-refractivity contribution is -0.134. The van der Waals surface area contributed by atoms with Gasteiger partial charge in [-0.05, 0) is 52.0 Å². The number of amides is 4. The highest BCUT2D eigenvalue weighted by Gasteiger charge is 2.34. The van der Waals surface area contributed by atoms with Crippen molar-refractivity contribution in [3.63, 3.8) is 0 Å². The number of carbonyl (C=O) groups is 4. The van der Waals surface area contributed by atoms with E-state index in [9.17, 15) is 19.2 Å². The van der Waals surface area contributed by atoms with Crippen LogP contribution >= 0.6 is 0 Å². The number of likely N-dealkylation sites (tertiary alicyclic amines) is 1. The summed E-state index contributed by atoms with van der Waals surface area (Å²) in [5, 5.41) is 7.81. The first-order valence-electron chi connectivity index (χ1n) is 14.3. The van der Waals surface area contributed by atoms with Gasteiger partial charge in [0, 0.05) is 64.7 Å². The predicted molar refractivity (Wildman–Crippen MR) is 149 cm³/mol. The van der Waals surface area contributed by atoms with Gasteiger partial charge in [-0.2, -0.15) is 5.10 Å². The van der Waals surface area contributed by atoms with Gasteiger partial charge in [-0.3, -0.25) is 29.3 Å². The summed E-state index contributed by atoms with van der Waals surface area (Å²) in [5.74, 6) is -0.616. The number of hydrogen-bond acceptors (Lipinski definition) is 7. The van der Waals surface area contributed by atoms with Crippen LogP contribution in [0.1, 0.15) is 68.4 Å². The Bertz CT molecular complexity index is 1300. The van der Waals surface area contributed by atoms with Gasteiger partial charge in [0.1, 0.15) is 5.60 Å². The van der Waals surface area contributed by atoms with E-state index in [1.807, 2.05) is 43.9 Å². The van der Waals surface area contributed by atoms with Crippen LogP contribution in [0.3, 0.4) is 0 Å². The van der Waals surface area contributed by atoms with Crippen LogP contribution in [0.2, 0.25) is 0 Å². The van der Waals surface area contributed by atoms with Gasteiger partial charge in [0.15, 0.2) is 0 Å². The lowest BCUT2D eigenvalue weighted by Gasteiger charge is -2.39. The summed E-state index contributed by atoms with van der Waals surface area (Å²) in [6.07, 6.45) is 2.31. The Kier molecular flexibility index (Phi) is 7.85. The molecule has 40 heavy (non-hydrogen) atoms. The molecule has 0 spiro atoms. The van der Waals surface area contributed by atoms with Crippen molar-refractivity contribution in [2.75, 3.05) is 45.8 Å². The maximum absolute atomic E-state index is 13.7. The molecule has 0 saturated carbocycles.